The Hall–Kier alpha value is -1.30. The number of nitrogens with zero attached hydrogens (tertiary/aromatic N) is 1. The highest BCUT2D eigenvalue weighted by Gasteiger charge is 2.15. The topological polar surface area (TPSA) is 50.8 Å². The fourth-order valence-corrected chi connectivity index (χ4v) is 2.70. The lowest BCUT2D eigenvalue weighted by Crippen LogP contribution is -2.40. The van der Waals surface area contributed by atoms with Crippen LogP contribution in [-0.2, 0) is 9.53 Å². The van der Waals surface area contributed by atoms with Crippen molar-refractivity contribution >= 4 is 17.5 Å². The maximum absolute atomic E-state index is 12.1. The van der Waals surface area contributed by atoms with Gasteiger partial charge < -0.3 is 14.8 Å². The molecule has 0 aliphatic carbocycles. The van der Waals surface area contributed by atoms with E-state index in [1.165, 1.54) is 0 Å². The lowest BCUT2D eigenvalue weighted by molar-refractivity contribution is -0.127. The van der Waals surface area contributed by atoms with E-state index in [2.05, 4.69) is 10.2 Å². The predicted molar refractivity (Wildman–Crippen MR) is 91.2 cm³/mol. The molecule has 1 aliphatic rings. The van der Waals surface area contributed by atoms with Crippen LogP contribution in [0.15, 0.2) is 18.2 Å². The Morgan fingerprint density at radius 3 is 2.87 bits per heavy atom. The van der Waals surface area contributed by atoms with Gasteiger partial charge in [0.2, 0.25) is 0 Å². The Balaban J connectivity index is 1.68. The monoisotopic (exact) mass is 340 g/mol. The average molecular weight is 341 g/mol. The number of morpholine rings is 1. The van der Waals surface area contributed by atoms with Crippen molar-refractivity contribution in [3.63, 3.8) is 0 Å². The van der Waals surface area contributed by atoms with E-state index in [4.69, 9.17) is 21.1 Å². The summed E-state index contributed by atoms with van der Waals surface area (Å²) in [7, 11) is 0. The van der Waals surface area contributed by atoms with Crippen LogP contribution in [0.1, 0.15) is 18.9 Å². The molecule has 1 N–H and O–H groups in total. The van der Waals surface area contributed by atoms with Crippen molar-refractivity contribution in [3.8, 4) is 5.75 Å². The molecule has 23 heavy (non-hydrogen) atoms. The second-order valence-corrected chi connectivity index (χ2v) is 6.20. The van der Waals surface area contributed by atoms with Crippen LogP contribution >= 0.6 is 11.6 Å². The SMILES string of the molecule is Cc1cc(Cl)ccc1O[C@H](C)C(=O)NCCCN1CCOCC1. The van der Waals surface area contributed by atoms with Gasteiger partial charge in [-0.2, -0.15) is 0 Å². The van der Waals surface area contributed by atoms with Crippen LogP contribution < -0.4 is 10.1 Å². The van der Waals surface area contributed by atoms with Gasteiger partial charge in [-0.3, -0.25) is 9.69 Å². The fourth-order valence-electron chi connectivity index (χ4n) is 2.47. The number of carbonyl (C=O) groups is 1. The van der Waals surface area contributed by atoms with Crippen molar-refractivity contribution in [2.75, 3.05) is 39.4 Å². The summed E-state index contributed by atoms with van der Waals surface area (Å²) in [5.74, 6) is 0.590. The predicted octanol–water partition coefficient (Wildman–Crippen LogP) is 2.25. The Kier molecular flexibility index (Phi) is 7.15. The Morgan fingerprint density at radius 1 is 1.43 bits per heavy atom. The number of benzene rings is 1. The van der Waals surface area contributed by atoms with E-state index in [1.54, 1.807) is 19.1 Å². The Bertz CT molecular complexity index is 519. The maximum atomic E-state index is 12.1. The number of ether oxygens (including phenoxy) is 2. The lowest BCUT2D eigenvalue weighted by Gasteiger charge is -2.26. The van der Waals surface area contributed by atoms with Gasteiger partial charge in [-0.05, 0) is 50.6 Å². The van der Waals surface area contributed by atoms with Crippen LogP contribution in [0.2, 0.25) is 5.02 Å². The van der Waals surface area contributed by atoms with E-state index in [0.29, 0.717) is 17.3 Å². The molecule has 0 radical (unpaired) electrons. The molecule has 0 saturated carbocycles. The molecule has 1 amide bonds. The summed E-state index contributed by atoms with van der Waals surface area (Å²) in [5.41, 5.74) is 0.921. The first-order valence-corrected chi connectivity index (χ1v) is 8.44. The van der Waals surface area contributed by atoms with E-state index >= 15 is 0 Å². The number of nitrogens with one attached hydrogen (secondary N) is 1. The zero-order chi connectivity index (χ0) is 16.7. The summed E-state index contributed by atoms with van der Waals surface area (Å²) < 4.78 is 11.0. The van der Waals surface area contributed by atoms with Crippen LogP contribution in [0, 0.1) is 6.92 Å². The molecule has 0 spiro atoms. The standard InChI is InChI=1S/C17H25ClN2O3/c1-13-12-15(18)4-5-16(13)23-14(2)17(21)19-6-3-7-20-8-10-22-11-9-20/h4-5,12,14H,3,6-11H2,1-2H3,(H,19,21)/t14-/m1/s1. The van der Waals surface area contributed by atoms with Crippen molar-refractivity contribution in [1.29, 1.82) is 0 Å². The molecule has 1 fully saturated rings. The van der Waals surface area contributed by atoms with E-state index < -0.39 is 6.10 Å². The fraction of sp³-hybridized carbons (Fsp3) is 0.588. The smallest absolute Gasteiger partial charge is 0.260 e. The highest BCUT2D eigenvalue weighted by Crippen LogP contribution is 2.22. The molecule has 0 aromatic heterocycles. The second-order valence-electron chi connectivity index (χ2n) is 5.77. The van der Waals surface area contributed by atoms with Crippen LogP contribution in [0.3, 0.4) is 0 Å². The zero-order valence-electron chi connectivity index (χ0n) is 13.8. The lowest BCUT2D eigenvalue weighted by atomic mass is 10.2. The molecule has 128 valence electrons. The van der Waals surface area contributed by atoms with Gasteiger partial charge >= 0.3 is 0 Å². The van der Waals surface area contributed by atoms with E-state index in [0.717, 1.165) is 44.8 Å². The molecule has 5 nitrogen and oxygen atoms in total. The molecule has 1 saturated heterocycles. The third-order valence-corrected chi connectivity index (χ3v) is 4.10. The van der Waals surface area contributed by atoms with Gasteiger partial charge in [0, 0.05) is 24.7 Å². The minimum atomic E-state index is -0.529. The van der Waals surface area contributed by atoms with Crippen LogP contribution in [-0.4, -0.2) is 56.3 Å². The number of halogens is 1. The summed E-state index contributed by atoms with van der Waals surface area (Å²) >= 11 is 5.92. The largest absolute Gasteiger partial charge is 0.481 e. The van der Waals surface area contributed by atoms with Crippen LogP contribution in [0.25, 0.3) is 0 Å². The van der Waals surface area contributed by atoms with Crippen molar-refractivity contribution in [2.45, 2.75) is 26.4 Å². The first-order valence-electron chi connectivity index (χ1n) is 8.07. The number of rotatable bonds is 7. The van der Waals surface area contributed by atoms with Gasteiger partial charge in [0.1, 0.15) is 5.75 Å². The number of amides is 1. The van der Waals surface area contributed by atoms with Gasteiger partial charge in [-0.15, -0.1) is 0 Å². The molecule has 2 rings (SSSR count). The molecule has 6 heteroatoms. The molecular weight excluding hydrogens is 316 g/mol. The quantitative estimate of drug-likeness (QED) is 0.773. The van der Waals surface area contributed by atoms with Gasteiger partial charge in [0.05, 0.1) is 13.2 Å². The first kappa shape index (κ1) is 18.0. The van der Waals surface area contributed by atoms with Crippen molar-refractivity contribution in [1.82, 2.24) is 10.2 Å². The van der Waals surface area contributed by atoms with Crippen LogP contribution in [0.5, 0.6) is 5.75 Å². The molecule has 1 aliphatic heterocycles. The zero-order valence-corrected chi connectivity index (χ0v) is 14.6. The first-order chi connectivity index (χ1) is 11.1. The maximum Gasteiger partial charge on any atom is 0.260 e. The Labute approximate surface area is 142 Å². The number of carbonyl (C=O) groups excluding carboxylic acids is 1. The number of hydrogen-bond donors (Lipinski definition) is 1. The number of hydrogen-bond acceptors (Lipinski definition) is 4. The second kappa shape index (κ2) is 9.11. The molecular formula is C17H25ClN2O3. The van der Waals surface area contributed by atoms with E-state index in [1.807, 2.05) is 13.0 Å². The number of aryl methyl sites for hydroxylation is 1. The third kappa shape index (κ3) is 6.01. The van der Waals surface area contributed by atoms with E-state index in [9.17, 15) is 4.79 Å². The highest BCUT2D eigenvalue weighted by molar-refractivity contribution is 6.30. The molecule has 0 unspecified atom stereocenters. The average Bonchev–Trinajstić information content (AvgIpc) is 2.55. The normalized spacial score (nSPS) is 16.8. The summed E-state index contributed by atoms with van der Waals surface area (Å²) in [6, 6.07) is 5.38. The van der Waals surface area contributed by atoms with Gasteiger partial charge in [-0.25, -0.2) is 0 Å². The summed E-state index contributed by atoms with van der Waals surface area (Å²) in [4.78, 5) is 14.4. The summed E-state index contributed by atoms with van der Waals surface area (Å²) in [6.45, 7) is 8.86. The van der Waals surface area contributed by atoms with Crippen molar-refractivity contribution < 1.29 is 14.3 Å². The molecule has 1 heterocycles. The third-order valence-electron chi connectivity index (χ3n) is 3.86. The molecule has 1 aromatic carbocycles. The molecule has 1 aromatic rings. The summed E-state index contributed by atoms with van der Waals surface area (Å²) in [5, 5.41) is 3.59. The minimum Gasteiger partial charge on any atom is -0.481 e. The van der Waals surface area contributed by atoms with Gasteiger partial charge in [0.15, 0.2) is 6.10 Å². The van der Waals surface area contributed by atoms with E-state index in [-0.39, 0.29) is 5.91 Å². The summed E-state index contributed by atoms with van der Waals surface area (Å²) in [6.07, 6.45) is 0.400. The van der Waals surface area contributed by atoms with Crippen molar-refractivity contribution in [3.05, 3.63) is 28.8 Å². The molecule has 1 atom stereocenters. The Morgan fingerprint density at radius 2 is 2.17 bits per heavy atom. The highest BCUT2D eigenvalue weighted by atomic mass is 35.5. The molecule has 0 bridgehead atoms. The van der Waals surface area contributed by atoms with Crippen LogP contribution in [0.4, 0.5) is 0 Å². The van der Waals surface area contributed by atoms with Gasteiger partial charge in [-0.1, -0.05) is 11.6 Å². The van der Waals surface area contributed by atoms with Gasteiger partial charge in [0.25, 0.3) is 5.91 Å². The van der Waals surface area contributed by atoms with Crippen molar-refractivity contribution in [2.24, 2.45) is 0 Å². The minimum absolute atomic E-state index is 0.0960.